The summed E-state index contributed by atoms with van der Waals surface area (Å²) in [6.45, 7) is 1.88. The maximum atomic E-state index is 12.1. The average Bonchev–Trinajstić information content (AvgIpc) is 3.01. The third kappa shape index (κ3) is 2.96. The van der Waals surface area contributed by atoms with Gasteiger partial charge in [0.25, 0.3) is 11.8 Å². The Balaban J connectivity index is 1.76. The second kappa shape index (κ2) is 5.94. The van der Waals surface area contributed by atoms with Gasteiger partial charge in [0.1, 0.15) is 6.54 Å². The number of aliphatic imine (C=N–C) groups is 1. The number of amides is 2. The molecule has 0 atom stereocenters. The van der Waals surface area contributed by atoms with Crippen LogP contribution in [0.15, 0.2) is 40.8 Å². The number of aromatic nitrogens is 1. The van der Waals surface area contributed by atoms with E-state index in [1.54, 1.807) is 11.6 Å². The summed E-state index contributed by atoms with van der Waals surface area (Å²) in [5.74, 6) is -0.579. The lowest BCUT2D eigenvalue weighted by molar-refractivity contribution is -0.118. The Bertz CT molecular complexity index is 724. The fraction of sp³-hybridized carbons (Fsp3) is 0.143. The summed E-state index contributed by atoms with van der Waals surface area (Å²) in [7, 11) is 0. The molecular formula is C14H13N5O2S. The van der Waals surface area contributed by atoms with E-state index >= 15 is 0 Å². The van der Waals surface area contributed by atoms with Crippen molar-refractivity contribution in [3.63, 3.8) is 0 Å². The molecule has 0 unspecified atom stereocenters. The predicted octanol–water partition coefficient (Wildman–Crippen LogP) is 1.34. The molecule has 0 radical (unpaired) electrons. The van der Waals surface area contributed by atoms with Crippen LogP contribution >= 0.6 is 11.3 Å². The standard InChI is InChI=1S/C14H13N5O2S/c1-9-2-4-10(5-3-9)19-11(20)8-16-12(18-19)13(21)17-14-15-6-7-22-14/h2-7H,8H2,1H3,(H,16,18)(H,15,17,21). The van der Waals surface area contributed by atoms with E-state index in [4.69, 9.17) is 0 Å². The molecule has 0 fully saturated rings. The van der Waals surface area contributed by atoms with Gasteiger partial charge < -0.3 is 0 Å². The molecule has 2 heterocycles. The lowest BCUT2D eigenvalue weighted by Gasteiger charge is -2.27. The van der Waals surface area contributed by atoms with Crippen LogP contribution in [0.1, 0.15) is 5.56 Å². The van der Waals surface area contributed by atoms with E-state index in [0.717, 1.165) is 5.56 Å². The topological polar surface area (TPSA) is 86.7 Å². The van der Waals surface area contributed by atoms with Crippen LogP contribution in [0.25, 0.3) is 0 Å². The first-order chi connectivity index (χ1) is 10.6. The highest BCUT2D eigenvalue weighted by Gasteiger charge is 2.25. The van der Waals surface area contributed by atoms with Crippen molar-refractivity contribution in [1.82, 2.24) is 10.4 Å². The first kappa shape index (κ1) is 14.2. The van der Waals surface area contributed by atoms with E-state index in [1.165, 1.54) is 16.3 Å². The number of carbonyl (C=O) groups is 2. The maximum Gasteiger partial charge on any atom is 0.294 e. The van der Waals surface area contributed by atoms with Crippen LogP contribution in [-0.2, 0) is 9.59 Å². The van der Waals surface area contributed by atoms with Crippen LogP contribution in [0.2, 0.25) is 0 Å². The van der Waals surface area contributed by atoms with Gasteiger partial charge in [-0.1, -0.05) is 17.7 Å². The Kier molecular flexibility index (Phi) is 3.84. The van der Waals surface area contributed by atoms with E-state index in [0.29, 0.717) is 10.8 Å². The van der Waals surface area contributed by atoms with Crippen molar-refractivity contribution < 1.29 is 9.59 Å². The number of thiazole rings is 1. The van der Waals surface area contributed by atoms with Gasteiger partial charge in [-0.15, -0.1) is 11.3 Å². The lowest BCUT2D eigenvalue weighted by Crippen LogP contribution is -2.54. The zero-order chi connectivity index (χ0) is 15.5. The molecule has 0 saturated carbocycles. The maximum absolute atomic E-state index is 12.1. The molecule has 1 aliphatic heterocycles. The van der Waals surface area contributed by atoms with Gasteiger partial charge in [0.2, 0.25) is 5.84 Å². The molecule has 2 amide bonds. The second-order valence-corrected chi connectivity index (χ2v) is 5.53. The van der Waals surface area contributed by atoms with E-state index in [-0.39, 0.29) is 18.3 Å². The van der Waals surface area contributed by atoms with Crippen molar-refractivity contribution in [2.24, 2.45) is 4.99 Å². The summed E-state index contributed by atoms with van der Waals surface area (Å²) in [4.78, 5) is 32.0. The van der Waals surface area contributed by atoms with Gasteiger partial charge >= 0.3 is 0 Å². The molecule has 0 aliphatic carbocycles. The molecular weight excluding hydrogens is 302 g/mol. The number of anilines is 2. The van der Waals surface area contributed by atoms with Gasteiger partial charge in [0, 0.05) is 11.6 Å². The Morgan fingerprint density at radius 2 is 2.14 bits per heavy atom. The minimum atomic E-state index is -0.431. The molecule has 22 heavy (non-hydrogen) atoms. The Hall–Kier alpha value is -2.74. The molecule has 2 aromatic rings. The number of amidine groups is 1. The fourth-order valence-corrected chi connectivity index (χ4v) is 2.41. The largest absolute Gasteiger partial charge is 0.295 e. The molecule has 8 heteroatoms. The Morgan fingerprint density at radius 3 is 2.82 bits per heavy atom. The Labute approximate surface area is 130 Å². The summed E-state index contributed by atoms with van der Waals surface area (Å²) in [5.41, 5.74) is 4.49. The Morgan fingerprint density at radius 1 is 1.36 bits per heavy atom. The van der Waals surface area contributed by atoms with Crippen LogP contribution in [0.3, 0.4) is 0 Å². The normalized spacial score (nSPS) is 14.3. The molecule has 3 rings (SSSR count). The number of hydrazine groups is 1. The number of nitrogens with zero attached hydrogens (tertiary/aromatic N) is 3. The lowest BCUT2D eigenvalue weighted by atomic mass is 10.2. The number of rotatable bonds is 3. The summed E-state index contributed by atoms with van der Waals surface area (Å²) in [6.07, 6.45) is 1.60. The van der Waals surface area contributed by atoms with E-state index in [1.807, 2.05) is 31.2 Å². The fourth-order valence-electron chi connectivity index (χ4n) is 1.89. The number of carbonyl (C=O) groups excluding carboxylic acids is 2. The van der Waals surface area contributed by atoms with Gasteiger partial charge in [-0.25, -0.2) is 9.99 Å². The molecule has 2 N–H and O–H groups in total. The summed E-state index contributed by atoms with van der Waals surface area (Å²) >= 11 is 1.31. The number of hydrogen-bond acceptors (Lipinski definition) is 6. The molecule has 0 saturated heterocycles. The summed E-state index contributed by atoms with van der Waals surface area (Å²) in [5, 5.41) is 6.19. The summed E-state index contributed by atoms with van der Waals surface area (Å²) < 4.78 is 0. The first-order valence-electron chi connectivity index (χ1n) is 6.55. The summed E-state index contributed by atoms with van der Waals surface area (Å²) in [6, 6.07) is 7.40. The monoisotopic (exact) mass is 315 g/mol. The average molecular weight is 315 g/mol. The minimum absolute atomic E-state index is 0.0791. The van der Waals surface area contributed by atoms with Crippen LogP contribution in [0.4, 0.5) is 10.8 Å². The SMILES string of the molecule is Cc1ccc(N2NC(C(=O)Nc3nccs3)=NCC2=O)cc1. The third-order valence-corrected chi connectivity index (χ3v) is 3.69. The van der Waals surface area contributed by atoms with Crippen molar-refractivity contribution in [3.8, 4) is 0 Å². The number of benzene rings is 1. The highest BCUT2D eigenvalue weighted by molar-refractivity contribution is 7.13. The molecule has 1 aromatic heterocycles. The van der Waals surface area contributed by atoms with Crippen LogP contribution in [0.5, 0.6) is 0 Å². The molecule has 1 aliphatic rings. The van der Waals surface area contributed by atoms with Crippen molar-refractivity contribution in [3.05, 3.63) is 41.4 Å². The number of nitrogens with one attached hydrogen (secondary N) is 2. The van der Waals surface area contributed by atoms with Crippen LogP contribution in [-0.4, -0.2) is 29.2 Å². The quantitative estimate of drug-likeness (QED) is 0.895. The highest BCUT2D eigenvalue weighted by Crippen LogP contribution is 2.16. The minimum Gasteiger partial charge on any atom is -0.295 e. The van der Waals surface area contributed by atoms with Crippen LogP contribution < -0.4 is 15.8 Å². The van der Waals surface area contributed by atoms with Gasteiger partial charge in [-0.05, 0) is 19.1 Å². The molecule has 1 aromatic carbocycles. The van der Waals surface area contributed by atoms with Crippen molar-refractivity contribution in [1.29, 1.82) is 0 Å². The van der Waals surface area contributed by atoms with Gasteiger partial charge in [-0.2, -0.15) is 0 Å². The van der Waals surface area contributed by atoms with Gasteiger partial charge in [0.05, 0.1) is 5.69 Å². The predicted molar refractivity (Wildman–Crippen MR) is 84.8 cm³/mol. The molecule has 7 nitrogen and oxygen atoms in total. The second-order valence-electron chi connectivity index (χ2n) is 4.63. The highest BCUT2D eigenvalue weighted by atomic mass is 32.1. The number of aryl methyl sites for hydroxylation is 1. The molecule has 0 bridgehead atoms. The zero-order valence-electron chi connectivity index (χ0n) is 11.7. The van der Waals surface area contributed by atoms with Crippen molar-refractivity contribution in [2.75, 3.05) is 16.9 Å². The van der Waals surface area contributed by atoms with Crippen molar-refractivity contribution in [2.45, 2.75) is 6.92 Å². The zero-order valence-corrected chi connectivity index (χ0v) is 12.6. The molecule has 0 spiro atoms. The molecule has 112 valence electrons. The smallest absolute Gasteiger partial charge is 0.294 e. The van der Waals surface area contributed by atoms with Crippen molar-refractivity contribution >= 4 is 39.8 Å². The van der Waals surface area contributed by atoms with Crippen LogP contribution in [0, 0.1) is 6.92 Å². The number of hydrogen-bond donors (Lipinski definition) is 2. The van der Waals surface area contributed by atoms with E-state index in [9.17, 15) is 9.59 Å². The van der Waals surface area contributed by atoms with E-state index < -0.39 is 5.91 Å². The van der Waals surface area contributed by atoms with Gasteiger partial charge in [0.15, 0.2) is 5.13 Å². The third-order valence-electron chi connectivity index (χ3n) is 3.00. The van der Waals surface area contributed by atoms with Gasteiger partial charge in [-0.3, -0.25) is 25.3 Å². The van der Waals surface area contributed by atoms with E-state index in [2.05, 4.69) is 20.7 Å². The first-order valence-corrected chi connectivity index (χ1v) is 7.43.